The molecular formula is C11H21NO2. The highest BCUT2D eigenvalue weighted by molar-refractivity contribution is 5.70. The van der Waals surface area contributed by atoms with Gasteiger partial charge in [-0.2, -0.15) is 0 Å². The molecule has 1 unspecified atom stereocenters. The second-order valence-corrected chi connectivity index (χ2v) is 4.40. The monoisotopic (exact) mass is 199 g/mol. The summed E-state index contributed by atoms with van der Waals surface area (Å²) in [5, 5.41) is 3.29. The summed E-state index contributed by atoms with van der Waals surface area (Å²) in [6.45, 7) is 5.88. The van der Waals surface area contributed by atoms with Gasteiger partial charge in [0.1, 0.15) is 0 Å². The van der Waals surface area contributed by atoms with Gasteiger partial charge in [0, 0.05) is 6.04 Å². The molecule has 82 valence electrons. The summed E-state index contributed by atoms with van der Waals surface area (Å²) in [7, 11) is 0. The molecule has 0 aromatic rings. The molecule has 0 aromatic carbocycles. The van der Waals surface area contributed by atoms with Crippen LogP contribution in [0.15, 0.2) is 0 Å². The molecule has 1 rings (SSSR count). The van der Waals surface area contributed by atoms with E-state index in [4.69, 9.17) is 4.74 Å². The first-order valence-corrected chi connectivity index (χ1v) is 5.57. The molecule has 1 fully saturated rings. The van der Waals surface area contributed by atoms with E-state index in [0.717, 1.165) is 19.4 Å². The molecule has 0 spiro atoms. The van der Waals surface area contributed by atoms with E-state index in [9.17, 15) is 4.79 Å². The lowest BCUT2D eigenvalue weighted by atomic mass is 10.1. The molecule has 1 heterocycles. The Morgan fingerprint density at radius 3 is 2.93 bits per heavy atom. The summed E-state index contributed by atoms with van der Waals surface area (Å²) < 4.78 is 5.14. The van der Waals surface area contributed by atoms with Gasteiger partial charge in [-0.15, -0.1) is 0 Å². The van der Waals surface area contributed by atoms with E-state index >= 15 is 0 Å². The summed E-state index contributed by atoms with van der Waals surface area (Å²) in [6.07, 6.45) is 3.80. The van der Waals surface area contributed by atoms with Crippen LogP contribution in [-0.4, -0.2) is 25.2 Å². The maximum atomic E-state index is 11.3. The Morgan fingerprint density at radius 2 is 2.36 bits per heavy atom. The minimum Gasteiger partial charge on any atom is -0.466 e. The molecule has 0 saturated carbocycles. The Morgan fingerprint density at radius 1 is 1.57 bits per heavy atom. The van der Waals surface area contributed by atoms with Gasteiger partial charge in [0.05, 0.1) is 13.0 Å². The zero-order chi connectivity index (χ0) is 10.4. The smallest absolute Gasteiger partial charge is 0.307 e. The fourth-order valence-electron chi connectivity index (χ4n) is 1.60. The van der Waals surface area contributed by atoms with Crippen molar-refractivity contribution in [1.82, 2.24) is 5.32 Å². The average molecular weight is 199 g/mol. The van der Waals surface area contributed by atoms with E-state index in [1.165, 1.54) is 6.42 Å². The Balaban J connectivity index is 2.03. The fraction of sp³-hybridized carbons (Fsp3) is 0.909. The van der Waals surface area contributed by atoms with Gasteiger partial charge in [0.25, 0.3) is 0 Å². The molecule has 0 amide bonds. The topological polar surface area (TPSA) is 38.3 Å². The Labute approximate surface area is 86.2 Å². The van der Waals surface area contributed by atoms with Crippen LogP contribution in [0.1, 0.15) is 39.5 Å². The zero-order valence-electron chi connectivity index (χ0n) is 9.21. The van der Waals surface area contributed by atoms with Crippen LogP contribution in [0.3, 0.4) is 0 Å². The van der Waals surface area contributed by atoms with Crippen molar-refractivity contribution in [3.8, 4) is 0 Å². The third-order valence-corrected chi connectivity index (χ3v) is 2.53. The quantitative estimate of drug-likeness (QED) is 0.685. The second kappa shape index (κ2) is 6.02. The first-order valence-electron chi connectivity index (χ1n) is 5.57. The molecule has 1 aliphatic rings. The zero-order valence-corrected chi connectivity index (χ0v) is 9.21. The highest BCUT2D eigenvalue weighted by atomic mass is 16.5. The molecule has 0 bridgehead atoms. The molecule has 3 nitrogen and oxygen atoms in total. The SMILES string of the molecule is CC(C)CCOC(=O)CC1CCCN1. The molecule has 1 aliphatic heterocycles. The molecule has 0 radical (unpaired) electrons. The van der Waals surface area contributed by atoms with Gasteiger partial charge in [0.15, 0.2) is 0 Å². The molecule has 1 N–H and O–H groups in total. The van der Waals surface area contributed by atoms with Gasteiger partial charge in [0.2, 0.25) is 0 Å². The van der Waals surface area contributed by atoms with Gasteiger partial charge in [-0.25, -0.2) is 0 Å². The molecule has 14 heavy (non-hydrogen) atoms. The van der Waals surface area contributed by atoms with Gasteiger partial charge < -0.3 is 10.1 Å². The van der Waals surface area contributed by atoms with Crippen LogP contribution < -0.4 is 5.32 Å². The number of hydrogen-bond donors (Lipinski definition) is 1. The van der Waals surface area contributed by atoms with Crippen molar-refractivity contribution in [2.45, 2.75) is 45.6 Å². The summed E-state index contributed by atoms with van der Waals surface area (Å²) in [5.41, 5.74) is 0. The third kappa shape index (κ3) is 4.61. The number of rotatable bonds is 5. The Bertz CT molecular complexity index is 174. The summed E-state index contributed by atoms with van der Waals surface area (Å²) in [4.78, 5) is 11.3. The van der Waals surface area contributed by atoms with Crippen LogP contribution in [0.4, 0.5) is 0 Å². The van der Waals surface area contributed by atoms with Crippen LogP contribution >= 0.6 is 0 Å². The van der Waals surface area contributed by atoms with E-state index in [1.54, 1.807) is 0 Å². The largest absolute Gasteiger partial charge is 0.466 e. The lowest BCUT2D eigenvalue weighted by molar-refractivity contribution is -0.144. The third-order valence-electron chi connectivity index (χ3n) is 2.53. The van der Waals surface area contributed by atoms with Crippen molar-refractivity contribution in [3.63, 3.8) is 0 Å². The van der Waals surface area contributed by atoms with Gasteiger partial charge in [-0.1, -0.05) is 13.8 Å². The Kier molecular flexibility index (Phi) is 4.94. The van der Waals surface area contributed by atoms with Crippen LogP contribution in [0, 0.1) is 5.92 Å². The number of esters is 1. The first-order chi connectivity index (χ1) is 6.68. The maximum Gasteiger partial charge on any atom is 0.307 e. The van der Waals surface area contributed by atoms with Crippen molar-refractivity contribution in [1.29, 1.82) is 0 Å². The highest BCUT2D eigenvalue weighted by Crippen LogP contribution is 2.09. The highest BCUT2D eigenvalue weighted by Gasteiger charge is 2.18. The van der Waals surface area contributed by atoms with E-state index in [1.807, 2.05) is 0 Å². The minimum absolute atomic E-state index is 0.0509. The van der Waals surface area contributed by atoms with E-state index in [2.05, 4.69) is 19.2 Å². The fourth-order valence-corrected chi connectivity index (χ4v) is 1.60. The standard InChI is InChI=1S/C11H21NO2/c1-9(2)5-7-14-11(13)8-10-4-3-6-12-10/h9-10,12H,3-8H2,1-2H3. The van der Waals surface area contributed by atoms with Gasteiger partial charge in [-0.3, -0.25) is 4.79 Å². The molecule has 0 aliphatic carbocycles. The minimum atomic E-state index is -0.0509. The van der Waals surface area contributed by atoms with Crippen LogP contribution in [0.2, 0.25) is 0 Å². The summed E-state index contributed by atoms with van der Waals surface area (Å²) >= 11 is 0. The van der Waals surface area contributed by atoms with E-state index in [-0.39, 0.29) is 5.97 Å². The van der Waals surface area contributed by atoms with Gasteiger partial charge in [-0.05, 0) is 31.7 Å². The first kappa shape index (κ1) is 11.5. The Hall–Kier alpha value is -0.570. The van der Waals surface area contributed by atoms with Crippen LogP contribution in [0.25, 0.3) is 0 Å². The van der Waals surface area contributed by atoms with Crippen molar-refractivity contribution in [2.24, 2.45) is 5.92 Å². The van der Waals surface area contributed by atoms with Crippen molar-refractivity contribution >= 4 is 5.97 Å². The summed E-state index contributed by atoms with van der Waals surface area (Å²) in [5.74, 6) is 0.553. The molecular weight excluding hydrogens is 178 g/mol. The lowest BCUT2D eigenvalue weighted by Crippen LogP contribution is -2.25. The van der Waals surface area contributed by atoms with E-state index < -0.39 is 0 Å². The molecule has 1 atom stereocenters. The molecule has 0 aromatic heterocycles. The van der Waals surface area contributed by atoms with Crippen LogP contribution in [0.5, 0.6) is 0 Å². The second-order valence-electron chi connectivity index (χ2n) is 4.40. The van der Waals surface area contributed by atoms with Gasteiger partial charge >= 0.3 is 5.97 Å². The molecule has 3 heteroatoms. The number of ether oxygens (including phenoxy) is 1. The van der Waals surface area contributed by atoms with Crippen molar-refractivity contribution < 1.29 is 9.53 Å². The average Bonchev–Trinajstić information content (AvgIpc) is 2.56. The number of carbonyl (C=O) groups is 1. The van der Waals surface area contributed by atoms with Crippen LogP contribution in [-0.2, 0) is 9.53 Å². The number of carbonyl (C=O) groups excluding carboxylic acids is 1. The normalized spacial score (nSPS) is 21.5. The molecule has 1 saturated heterocycles. The van der Waals surface area contributed by atoms with Crippen molar-refractivity contribution in [3.05, 3.63) is 0 Å². The lowest BCUT2D eigenvalue weighted by Gasteiger charge is -2.10. The number of nitrogens with one attached hydrogen (secondary N) is 1. The summed E-state index contributed by atoms with van der Waals surface area (Å²) in [6, 6.07) is 0.363. The predicted octanol–water partition coefficient (Wildman–Crippen LogP) is 1.72. The number of hydrogen-bond acceptors (Lipinski definition) is 3. The van der Waals surface area contributed by atoms with E-state index in [0.29, 0.717) is 25.0 Å². The predicted molar refractivity (Wildman–Crippen MR) is 56.1 cm³/mol. The van der Waals surface area contributed by atoms with Crippen molar-refractivity contribution in [2.75, 3.05) is 13.2 Å². The maximum absolute atomic E-state index is 11.3.